The van der Waals surface area contributed by atoms with Gasteiger partial charge in [-0.25, -0.2) is 0 Å². The molecule has 136 valence electrons. The zero-order valence-electron chi connectivity index (χ0n) is 16.8. The molecule has 3 atom stereocenters. The molecular formula is C24H32BP. The number of hydrogen-bond acceptors (Lipinski definition) is 0. The molecule has 0 nitrogen and oxygen atoms in total. The lowest BCUT2D eigenvalue weighted by molar-refractivity contribution is 0.668. The van der Waals surface area contributed by atoms with Crippen LogP contribution in [0.1, 0.15) is 61.8 Å². The van der Waals surface area contributed by atoms with E-state index < -0.39 is 0 Å². The number of hydrogen-bond donors (Lipinski definition) is 0. The molecule has 0 N–H and O–H groups in total. The molecule has 0 saturated carbocycles. The molecule has 1 aliphatic heterocycles. The summed E-state index contributed by atoms with van der Waals surface area (Å²) in [4.78, 5) is 0. The van der Waals surface area contributed by atoms with Gasteiger partial charge >= 0.3 is 0 Å². The van der Waals surface area contributed by atoms with Crippen LogP contribution in [0.25, 0.3) is 0 Å². The summed E-state index contributed by atoms with van der Waals surface area (Å²) < 4.78 is 0. The van der Waals surface area contributed by atoms with Crippen LogP contribution < -0.4 is 0 Å². The van der Waals surface area contributed by atoms with Crippen molar-refractivity contribution in [1.29, 1.82) is 0 Å². The maximum absolute atomic E-state index is 2.57. The van der Waals surface area contributed by atoms with Crippen LogP contribution in [0.5, 0.6) is 0 Å². The van der Waals surface area contributed by atoms with Crippen molar-refractivity contribution in [3.8, 4) is 0 Å². The fraction of sp³-hybridized carbons (Fsp3) is 0.417. The van der Waals surface area contributed by atoms with Gasteiger partial charge in [-0.15, -0.1) is 0 Å². The molecule has 0 aromatic heterocycles. The summed E-state index contributed by atoms with van der Waals surface area (Å²) in [5.74, 6) is 0.551. The average molecular weight is 362 g/mol. The van der Waals surface area contributed by atoms with Gasteiger partial charge < -0.3 is 0 Å². The smallest absolute Gasteiger partial charge is 0.0991 e. The minimum atomic E-state index is -0.0297. The minimum absolute atomic E-state index is 0.0297. The third kappa shape index (κ3) is 3.56. The molecule has 0 amide bonds. The van der Waals surface area contributed by atoms with E-state index in [9.17, 15) is 0 Å². The highest BCUT2D eigenvalue weighted by atomic mass is 31.1. The first-order chi connectivity index (χ1) is 12.6. The Morgan fingerprint density at radius 3 is 2.65 bits per heavy atom. The number of rotatable bonds is 7. The van der Waals surface area contributed by atoms with Crippen molar-refractivity contribution >= 4 is 15.8 Å². The molecule has 3 rings (SSSR count). The fourth-order valence-corrected chi connectivity index (χ4v) is 8.13. The molecule has 0 aliphatic carbocycles. The van der Waals surface area contributed by atoms with Crippen LogP contribution in [-0.2, 0) is 17.6 Å². The van der Waals surface area contributed by atoms with E-state index in [0.29, 0.717) is 5.92 Å². The first-order valence-electron chi connectivity index (χ1n) is 10.1. The average Bonchev–Trinajstić information content (AvgIpc) is 2.97. The van der Waals surface area contributed by atoms with Gasteiger partial charge in [0, 0.05) is 0 Å². The highest BCUT2D eigenvalue weighted by Crippen LogP contribution is 2.68. The van der Waals surface area contributed by atoms with Gasteiger partial charge in [0.2, 0.25) is 0 Å². The van der Waals surface area contributed by atoms with E-state index in [1.165, 1.54) is 30.7 Å². The van der Waals surface area contributed by atoms with Crippen LogP contribution >= 0.6 is 7.92 Å². The van der Waals surface area contributed by atoms with E-state index in [-0.39, 0.29) is 13.0 Å². The largest absolute Gasteiger partial charge is 0.121 e. The molecule has 26 heavy (non-hydrogen) atoms. The van der Waals surface area contributed by atoms with Gasteiger partial charge in [-0.2, -0.15) is 0 Å². The Balaban J connectivity index is 2.03. The van der Waals surface area contributed by atoms with Crippen molar-refractivity contribution < 1.29 is 0 Å². The SMILES string of the molecule is BC1(C(C)c2ccccc2C/C=C\C)c2ccccc2CP1CCCC. The van der Waals surface area contributed by atoms with E-state index in [2.05, 4.69) is 89.3 Å². The molecule has 1 aliphatic rings. The molecule has 2 aromatic carbocycles. The van der Waals surface area contributed by atoms with Gasteiger partial charge in [-0.3, -0.25) is 0 Å². The van der Waals surface area contributed by atoms with Crippen molar-refractivity contribution in [2.45, 2.75) is 57.2 Å². The van der Waals surface area contributed by atoms with Crippen molar-refractivity contribution in [2.75, 3.05) is 6.16 Å². The molecule has 1 heterocycles. The van der Waals surface area contributed by atoms with Crippen LogP contribution in [0.3, 0.4) is 0 Å². The number of allylic oxidation sites excluding steroid dienone is 2. The predicted octanol–water partition coefficient (Wildman–Crippen LogP) is 6.19. The van der Waals surface area contributed by atoms with E-state index in [4.69, 9.17) is 0 Å². The van der Waals surface area contributed by atoms with Gasteiger partial charge in [0.15, 0.2) is 0 Å². The second-order valence-electron chi connectivity index (χ2n) is 7.77. The Labute approximate surface area is 162 Å². The second-order valence-corrected chi connectivity index (χ2v) is 10.5. The summed E-state index contributed by atoms with van der Waals surface area (Å²) >= 11 is 0. The molecule has 0 saturated heterocycles. The molecule has 0 radical (unpaired) electrons. The summed E-state index contributed by atoms with van der Waals surface area (Å²) in [6.07, 6.45) is 10.9. The van der Waals surface area contributed by atoms with Gasteiger partial charge in [-0.1, -0.05) is 88.9 Å². The standard InChI is InChI=1S/C24H32BP/c1-4-6-12-20-13-8-10-15-22(20)19(3)24(25)23-16-11-9-14-21(23)18-26(24)17-7-5-2/h4,6,8-11,13-16,19H,5,7,12,17-18,25H2,1-3H3/b6-4-. The normalized spacial score (nSPS) is 23.3. The third-order valence-electron chi connectivity index (χ3n) is 6.30. The van der Waals surface area contributed by atoms with Gasteiger partial charge in [0.25, 0.3) is 0 Å². The van der Waals surface area contributed by atoms with Crippen LogP contribution in [-0.4, -0.2) is 14.0 Å². The van der Waals surface area contributed by atoms with E-state index in [1.54, 1.807) is 16.7 Å². The molecule has 2 aromatic rings. The monoisotopic (exact) mass is 362 g/mol. The Morgan fingerprint density at radius 2 is 1.88 bits per heavy atom. The van der Waals surface area contributed by atoms with Crippen LogP contribution in [0.2, 0.25) is 0 Å². The van der Waals surface area contributed by atoms with Crippen LogP contribution in [0, 0.1) is 0 Å². The quantitative estimate of drug-likeness (QED) is 0.313. The van der Waals surface area contributed by atoms with Crippen molar-refractivity contribution in [3.63, 3.8) is 0 Å². The summed E-state index contributed by atoms with van der Waals surface area (Å²) in [7, 11) is 2.54. The van der Waals surface area contributed by atoms with Crippen molar-refractivity contribution in [3.05, 3.63) is 82.9 Å². The molecular weight excluding hydrogens is 330 g/mol. The number of benzene rings is 2. The summed E-state index contributed by atoms with van der Waals surface area (Å²) in [6.45, 7) is 6.92. The zero-order valence-corrected chi connectivity index (χ0v) is 17.7. The first-order valence-corrected chi connectivity index (χ1v) is 11.9. The lowest BCUT2D eigenvalue weighted by Crippen LogP contribution is -2.30. The number of fused-ring (bicyclic) bond motifs is 1. The Kier molecular flexibility index (Phi) is 6.41. The van der Waals surface area contributed by atoms with Gasteiger partial charge in [-0.05, 0) is 65.3 Å². The maximum atomic E-state index is 2.57. The Bertz CT molecular complexity index is 766. The molecule has 0 fully saturated rings. The van der Waals surface area contributed by atoms with E-state index >= 15 is 0 Å². The summed E-state index contributed by atoms with van der Waals surface area (Å²) in [5, 5.41) is 0.285. The zero-order chi connectivity index (χ0) is 18.6. The topological polar surface area (TPSA) is 0 Å². The minimum Gasteiger partial charge on any atom is -0.0991 e. The van der Waals surface area contributed by atoms with Crippen LogP contribution in [0.15, 0.2) is 60.7 Å². The molecule has 3 unspecified atom stereocenters. The van der Waals surface area contributed by atoms with Crippen molar-refractivity contribution in [1.82, 2.24) is 0 Å². The highest BCUT2D eigenvalue weighted by Gasteiger charge is 2.46. The summed E-state index contributed by atoms with van der Waals surface area (Å²) in [5.41, 5.74) is 6.27. The van der Waals surface area contributed by atoms with E-state index in [0.717, 1.165) is 6.42 Å². The fourth-order valence-electron chi connectivity index (χ4n) is 4.55. The predicted molar refractivity (Wildman–Crippen MR) is 120 cm³/mol. The summed E-state index contributed by atoms with van der Waals surface area (Å²) in [6, 6.07) is 18.4. The second kappa shape index (κ2) is 8.58. The Morgan fingerprint density at radius 1 is 1.15 bits per heavy atom. The molecule has 0 spiro atoms. The van der Waals surface area contributed by atoms with Crippen molar-refractivity contribution in [2.24, 2.45) is 0 Å². The Hall–Kier alpha value is -1.33. The third-order valence-corrected chi connectivity index (χ3v) is 9.82. The van der Waals surface area contributed by atoms with Crippen LogP contribution in [0.4, 0.5) is 0 Å². The highest BCUT2D eigenvalue weighted by molar-refractivity contribution is 7.60. The van der Waals surface area contributed by atoms with Gasteiger partial charge in [0.1, 0.15) is 7.85 Å². The lowest BCUT2D eigenvalue weighted by Gasteiger charge is -2.40. The molecule has 0 bridgehead atoms. The number of unbranched alkanes of at least 4 members (excludes halogenated alkanes) is 1. The maximum Gasteiger partial charge on any atom is 0.121 e. The van der Waals surface area contributed by atoms with E-state index in [1.807, 2.05) is 0 Å². The first kappa shape index (κ1) is 19.4. The van der Waals surface area contributed by atoms with Gasteiger partial charge in [0.05, 0.1) is 0 Å². The molecule has 2 heteroatoms. The lowest BCUT2D eigenvalue weighted by atomic mass is 9.67.